The van der Waals surface area contributed by atoms with E-state index in [-0.39, 0.29) is 6.10 Å². The molecule has 0 aromatic heterocycles. The molecule has 0 bridgehead atoms. The van der Waals surface area contributed by atoms with E-state index < -0.39 is 8.32 Å². The fourth-order valence-corrected chi connectivity index (χ4v) is 5.09. The van der Waals surface area contributed by atoms with Gasteiger partial charge in [-0.2, -0.15) is 0 Å². The third kappa shape index (κ3) is 2.09. The molecule has 0 radical (unpaired) electrons. The highest BCUT2D eigenvalue weighted by Crippen LogP contribution is 2.36. The fourth-order valence-electron chi connectivity index (χ4n) is 2.73. The first-order valence-electron chi connectivity index (χ1n) is 6.53. The summed E-state index contributed by atoms with van der Waals surface area (Å²) in [5.74, 6) is 0.898. The highest BCUT2D eigenvalue weighted by molar-refractivity contribution is 6.85. The maximum Gasteiger partial charge on any atom is 0.219 e. The van der Waals surface area contributed by atoms with Gasteiger partial charge in [0.25, 0.3) is 0 Å². The molecule has 2 aromatic rings. The molecule has 2 aromatic carbocycles. The van der Waals surface area contributed by atoms with E-state index in [4.69, 9.17) is 9.16 Å². The zero-order valence-corrected chi connectivity index (χ0v) is 12.5. The Balaban J connectivity index is 2.12. The van der Waals surface area contributed by atoms with Crippen molar-refractivity contribution in [3.63, 3.8) is 0 Å². The van der Waals surface area contributed by atoms with E-state index in [1.807, 2.05) is 12.1 Å². The first-order chi connectivity index (χ1) is 9.12. The molecule has 98 valence electrons. The van der Waals surface area contributed by atoms with Crippen LogP contribution in [0.15, 0.2) is 48.5 Å². The van der Waals surface area contributed by atoms with Gasteiger partial charge in [-0.15, -0.1) is 0 Å². The normalized spacial score (nSPS) is 20.1. The third-order valence-electron chi connectivity index (χ3n) is 3.70. The maximum atomic E-state index is 6.39. The number of benzene rings is 2. The summed E-state index contributed by atoms with van der Waals surface area (Å²) < 4.78 is 11.7. The summed E-state index contributed by atoms with van der Waals surface area (Å²) in [6.45, 7) is 4.50. The van der Waals surface area contributed by atoms with Crippen molar-refractivity contribution in [2.75, 3.05) is 7.11 Å². The van der Waals surface area contributed by atoms with Crippen LogP contribution >= 0.6 is 0 Å². The molecule has 0 amide bonds. The number of ether oxygens (including phenoxy) is 1. The molecule has 0 saturated heterocycles. The van der Waals surface area contributed by atoms with E-state index in [2.05, 4.69) is 49.5 Å². The smallest absolute Gasteiger partial charge is 0.219 e. The molecule has 19 heavy (non-hydrogen) atoms. The van der Waals surface area contributed by atoms with Gasteiger partial charge in [0.2, 0.25) is 8.32 Å². The van der Waals surface area contributed by atoms with Crippen LogP contribution in [0.2, 0.25) is 13.1 Å². The van der Waals surface area contributed by atoms with Gasteiger partial charge in [0.15, 0.2) is 0 Å². The van der Waals surface area contributed by atoms with Crippen molar-refractivity contribution in [3.8, 4) is 5.75 Å². The maximum absolute atomic E-state index is 6.39. The van der Waals surface area contributed by atoms with Crippen LogP contribution in [0.25, 0.3) is 0 Å². The van der Waals surface area contributed by atoms with Crippen LogP contribution in [0.1, 0.15) is 17.2 Å². The largest absolute Gasteiger partial charge is 0.497 e. The monoisotopic (exact) mass is 270 g/mol. The molecule has 0 N–H and O–H groups in total. The predicted octanol–water partition coefficient (Wildman–Crippen LogP) is 3.23. The Morgan fingerprint density at radius 2 is 1.79 bits per heavy atom. The van der Waals surface area contributed by atoms with E-state index in [1.165, 1.54) is 16.3 Å². The molecular weight excluding hydrogens is 252 g/mol. The van der Waals surface area contributed by atoms with Gasteiger partial charge >= 0.3 is 0 Å². The molecule has 0 aliphatic carbocycles. The quantitative estimate of drug-likeness (QED) is 0.780. The second-order valence-corrected chi connectivity index (χ2v) is 9.17. The Morgan fingerprint density at radius 1 is 1.05 bits per heavy atom. The molecule has 2 nitrogen and oxygen atoms in total. The highest BCUT2D eigenvalue weighted by Gasteiger charge is 2.40. The Bertz CT molecular complexity index is 593. The summed E-state index contributed by atoms with van der Waals surface area (Å²) in [6.07, 6.45) is 0.0490. The standard InChI is InChI=1S/C16H18O2Si/c1-17-13-9-10-15-14(11-13)16(18-19(15,2)3)12-7-5-4-6-8-12/h4-11,16H,1-3H3/t16-/m1/s1. The summed E-state index contributed by atoms with van der Waals surface area (Å²) in [7, 11) is -0.0919. The van der Waals surface area contributed by atoms with Crippen LogP contribution in [0.5, 0.6) is 5.75 Å². The molecule has 1 aliphatic rings. The van der Waals surface area contributed by atoms with Crippen molar-refractivity contribution in [1.82, 2.24) is 0 Å². The first-order valence-corrected chi connectivity index (χ1v) is 9.44. The number of rotatable bonds is 2. The first kappa shape index (κ1) is 12.5. The summed E-state index contributed by atoms with van der Waals surface area (Å²) in [5.41, 5.74) is 2.48. The van der Waals surface area contributed by atoms with Gasteiger partial charge in [0.05, 0.1) is 13.2 Å². The molecule has 1 aliphatic heterocycles. The average molecular weight is 270 g/mol. The van der Waals surface area contributed by atoms with Crippen LogP contribution in [-0.2, 0) is 4.43 Å². The minimum Gasteiger partial charge on any atom is -0.497 e. The molecule has 1 heterocycles. The second kappa shape index (κ2) is 4.51. The SMILES string of the molecule is COc1ccc2c(c1)[C@@H](c1ccccc1)O[Si]2(C)C. The van der Waals surface area contributed by atoms with E-state index >= 15 is 0 Å². The molecule has 1 atom stereocenters. The van der Waals surface area contributed by atoms with Gasteiger partial charge in [0, 0.05) is 0 Å². The third-order valence-corrected chi connectivity index (χ3v) is 6.28. The van der Waals surface area contributed by atoms with Crippen LogP contribution < -0.4 is 9.92 Å². The van der Waals surface area contributed by atoms with Crippen molar-refractivity contribution >= 4 is 13.5 Å². The van der Waals surface area contributed by atoms with Crippen molar-refractivity contribution < 1.29 is 9.16 Å². The average Bonchev–Trinajstić information content (AvgIpc) is 2.71. The Hall–Kier alpha value is -1.58. The Labute approximate surface area is 115 Å². The molecule has 0 unspecified atom stereocenters. The van der Waals surface area contributed by atoms with Crippen LogP contribution in [0.3, 0.4) is 0 Å². The zero-order valence-electron chi connectivity index (χ0n) is 11.5. The van der Waals surface area contributed by atoms with Crippen LogP contribution in [0, 0.1) is 0 Å². The summed E-state index contributed by atoms with van der Waals surface area (Å²) in [4.78, 5) is 0. The lowest BCUT2D eigenvalue weighted by Crippen LogP contribution is -2.39. The van der Waals surface area contributed by atoms with Crippen molar-refractivity contribution in [3.05, 3.63) is 59.7 Å². The zero-order chi connectivity index (χ0) is 13.5. The fraction of sp³-hybridized carbons (Fsp3) is 0.250. The molecule has 3 rings (SSSR count). The Morgan fingerprint density at radius 3 is 2.47 bits per heavy atom. The van der Waals surface area contributed by atoms with Crippen molar-refractivity contribution in [2.45, 2.75) is 19.2 Å². The number of methoxy groups -OCH3 is 1. The summed E-state index contributed by atoms with van der Waals surface area (Å²) >= 11 is 0. The number of fused-ring (bicyclic) bond motifs is 1. The molecule has 3 heteroatoms. The number of hydrogen-bond acceptors (Lipinski definition) is 2. The van der Waals surface area contributed by atoms with Gasteiger partial charge in [-0.05, 0) is 41.5 Å². The van der Waals surface area contributed by atoms with Crippen LogP contribution in [-0.4, -0.2) is 15.4 Å². The second-order valence-electron chi connectivity index (χ2n) is 5.37. The van der Waals surface area contributed by atoms with E-state index in [9.17, 15) is 0 Å². The van der Waals surface area contributed by atoms with Gasteiger partial charge in [0.1, 0.15) is 5.75 Å². The van der Waals surface area contributed by atoms with Gasteiger partial charge in [-0.3, -0.25) is 0 Å². The van der Waals surface area contributed by atoms with E-state index in [0.717, 1.165) is 5.75 Å². The Kier molecular flexibility index (Phi) is 2.95. The van der Waals surface area contributed by atoms with Gasteiger partial charge < -0.3 is 9.16 Å². The summed E-state index contributed by atoms with van der Waals surface area (Å²) in [6, 6.07) is 16.7. The molecule has 0 fully saturated rings. The summed E-state index contributed by atoms with van der Waals surface area (Å²) in [5, 5.41) is 1.38. The van der Waals surface area contributed by atoms with E-state index in [1.54, 1.807) is 7.11 Å². The molecule has 0 spiro atoms. The highest BCUT2D eigenvalue weighted by atomic mass is 28.4. The minimum absolute atomic E-state index is 0.0490. The van der Waals surface area contributed by atoms with Gasteiger partial charge in [-0.1, -0.05) is 36.4 Å². The van der Waals surface area contributed by atoms with Gasteiger partial charge in [-0.25, -0.2) is 0 Å². The van der Waals surface area contributed by atoms with Crippen molar-refractivity contribution in [2.24, 2.45) is 0 Å². The lowest BCUT2D eigenvalue weighted by atomic mass is 10.0. The number of hydrogen-bond donors (Lipinski definition) is 0. The minimum atomic E-state index is -1.80. The predicted molar refractivity (Wildman–Crippen MR) is 79.5 cm³/mol. The van der Waals surface area contributed by atoms with E-state index in [0.29, 0.717) is 0 Å². The lowest BCUT2D eigenvalue weighted by molar-refractivity contribution is 0.258. The van der Waals surface area contributed by atoms with Crippen molar-refractivity contribution in [1.29, 1.82) is 0 Å². The van der Waals surface area contributed by atoms with Crippen LogP contribution in [0.4, 0.5) is 0 Å². The lowest BCUT2D eigenvalue weighted by Gasteiger charge is -2.18. The molecule has 0 saturated carbocycles. The molecular formula is C16H18O2Si. The topological polar surface area (TPSA) is 18.5 Å².